The predicted octanol–water partition coefficient (Wildman–Crippen LogP) is -0.895. The van der Waals surface area contributed by atoms with Gasteiger partial charge < -0.3 is 14.6 Å². The van der Waals surface area contributed by atoms with Gasteiger partial charge >= 0.3 is 29.6 Å². The van der Waals surface area contributed by atoms with Crippen molar-refractivity contribution in [2.75, 3.05) is 0 Å². The zero-order valence-corrected chi connectivity index (χ0v) is 13.6. The van der Waals surface area contributed by atoms with Crippen molar-refractivity contribution in [1.82, 2.24) is 0 Å². The van der Waals surface area contributed by atoms with E-state index in [1.165, 1.54) is 0 Å². The summed E-state index contributed by atoms with van der Waals surface area (Å²) in [6, 6.07) is 15.4. The van der Waals surface area contributed by atoms with E-state index in [-0.39, 0.29) is 36.0 Å². The molecular formula is C16H13NaO3. The molecule has 0 spiro atoms. The first-order valence-corrected chi connectivity index (χ1v) is 6.18. The zero-order chi connectivity index (χ0) is 13.5. The molecule has 20 heavy (non-hydrogen) atoms. The Hall–Kier alpha value is -1.29. The Morgan fingerprint density at radius 1 is 1.10 bits per heavy atom. The summed E-state index contributed by atoms with van der Waals surface area (Å²) < 4.78 is 5.94. The van der Waals surface area contributed by atoms with E-state index in [1.807, 2.05) is 48.5 Å². The van der Waals surface area contributed by atoms with Gasteiger partial charge in [-0.2, -0.15) is 0 Å². The first kappa shape index (κ1) is 15.1. The molecule has 1 aliphatic rings. The number of hydrogen-bond donors (Lipinski definition) is 0. The van der Waals surface area contributed by atoms with Crippen LogP contribution >= 0.6 is 0 Å². The maximum absolute atomic E-state index is 11.0. The topological polar surface area (TPSA) is 49.4 Å². The molecule has 0 amide bonds. The van der Waals surface area contributed by atoms with Crippen molar-refractivity contribution < 1.29 is 44.2 Å². The van der Waals surface area contributed by atoms with Crippen LogP contribution in [0.15, 0.2) is 48.5 Å². The minimum atomic E-state index is -1.11. The standard InChI is InChI=1S/C16H14O3.Na/c1-16(10-15(17)18)13-8-4-2-6-11(13)12-7-3-5-9-14(12)19-16;/h2-9H,10H2,1H3,(H,17,18);/q;+1/p-1. The minimum Gasteiger partial charge on any atom is -0.550 e. The van der Waals surface area contributed by atoms with Gasteiger partial charge in [0.05, 0.1) is 0 Å². The van der Waals surface area contributed by atoms with E-state index in [2.05, 4.69) is 0 Å². The van der Waals surface area contributed by atoms with Crippen molar-refractivity contribution in [2.24, 2.45) is 0 Å². The fourth-order valence-electron chi connectivity index (χ4n) is 2.66. The average Bonchev–Trinajstić information content (AvgIpc) is 2.38. The molecule has 3 nitrogen and oxygen atoms in total. The fourth-order valence-corrected chi connectivity index (χ4v) is 2.66. The minimum absolute atomic E-state index is 0. The van der Waals surface area contributed by atoms with Gasteiger partial charge in [0.2, 0.25) is 0 Å². The second-order valence-electron chi connectivity index (χ2n) is 4.92. The van der Waals surface area contributed by atoms with Crippen molar-refractivity contribution in [2.45, 2.75) is 18.9 Å². The molecule has 3 rings (SSSR count). The predicted molar refractivity (Wildman–Crippen MR) is 69.5 cm³/mol. The molecule has 1 aliphatic heterocycles. The molecule has 0 saturated heterocycles. The molecule has 2 aromatic rings. The maximum atomic E-state index is 11.0. The van der Waals surface area contributed by atoms with Crippen LogP contribution in [0, 0.1) is 0 Å². The normalized spacial score (nSPS) is 19.1. The summed E-state index contributed by atoms with van der Waals surface area (Å²) in [5, 5.41) is 11.0. The van der Waals surface area contributed by atoms with Gasteiger partial charge in [0, 0.05) is 23.5 Å². The SMILES string of the molecule is CC1(CC(=O)[O-])Oc2ccccc2-c2ccccc21.[Na+]. The number of carbonyl (C=O) groups is 1. The number of benzene rings is 2. The van der Waals surface area contributed by atoms with Crippen LogP contribution in [0.2, 0.25) is 0 Å². The third kappa shape index (κ3) is 2.49. The van der Waals surface area contributed by atoms with Gasteiger partial charge in [0.15, 0.2) is 0 Å². The van der Waals surface area contributed by atoms with Gasteiger partial charge in [-0.1, -0.05) is 42.5 Å². The quantitative estimate of drug-likeness (QED) is 0.668. The first-order chi connectivity index (χ1) is 9.10. The zero-order valence-electron chi connectivity index (χ0n) is 11.6. The van der Waals surface area contributed by atoms with Crippen LogP contribution in [0.5, 0.6) is 5.75 Å². The molecule has 4 heteroatoms. The number of fused-ring (bicyclic) bond motifs is 3. The molecule has 0 bridgehead atoms. The number of para-hydroxylation sites is 1. The summed E-state index contributed by atoms with van der Waals surface area (Å²) in [5.74, 6) is -0.401. The molecule has 96 valence electrons. The second-order valence-corrected chi connectivity index (χ2v) is 4.92. The summed E-state index contributed by atoms with van der Waals surface area (Å²) in [7, 11) is 0. The monoisotopic (exact) mass is 276 g/mol. The number of carbonyl (C=O) groups excluding carboxylic acids is 1. The fraction of sp³-hybridized carbons (Fsp3) is 0.188. The molecular weight excluding hydrogens is 263 g/mol. The first-order valence-electron chi connectivity index (χ1n) is 6.18. The van der Waals surface area contributed by atoms with E-state index in [0.717, 1.165) is 16.7 Å². The number of carboxylic acid groups (broad SMARTS) is 1. The molecule has 0 aliphatic carbocycles. The second kappa shape index (κ2) is 5.60. The number of carboxylic acids is 1. The smallest absolute Gasteiger partial charge is 0.550 e. The Bertz CT molecular complexity index is 654. The third-order valence-corrected chi connectivity index (χ3v) is 3.49. The van der Waals surface area contributed by atoms with Crippen molar-refractivity contribution in [1.29, 1.82) is 0 Å². The number of aliphatic carboxylic acids is 1. The summed E-state index contributed by atoms with van der Waals surface area (Å²) in [6.45, 7) is 1.79. The van der Waals surface area contributed by atoms with Crippen LogP contribution in [-0.2, 0) is 10.4 Å². The molecule has 1 atom stereocenters. The Labute approximate surface area is 139 Å². The van der Waals surface area contributed by atoms with Gasteiger partial charge in [-0.3, -0.25) is 0 Å². The van der Waals surface area contributed by atoms with Gasteiger partial charge in [0.1, 0.15) is 11.4 Å². The Morgan fingerprint density at radius 3 is 2.40 bits per heavy atom. The number of rotatable bonds is 2. The van der Waals surface area contributed by atoms with Gasteiger partial charge in [0.25, 0.3) is 0 Å². The Kier molecular flexibility index (Phi) is 4.23. The van der Waals surface area contributed by atoms with E-state index in [0.29, 0.717) is 5.75 Å². The molecule has 0 N–H and O–H groups in total. The van der Waals surface area contributed by atoms with Gasteiger partial charge in [-0.05, 0) is 18.6 Å². The van der Waals surface area contributed by atoms with Crippen molar-refractivity contribution in [3.63, 3.8) is 0 Å². The van der Waals surface area contributed by atoms with Crippen LogP contribution in [0.3, 0.4) is 0 Å². The van der Waals surface area contributed by atoms with Crippen molar-refractivity contribution in [3.05, 3.63) is 54.1 Å². The largest absolute Gasteiger partial charge is 1.00 e. The van der Waals surface area contributed by atoms with E-state index < -0.39 is 11.6 Å². The molecule has 0 saturated carbocycles. The molecule has 2 aromatic carbocycles. The summed E-state index contributed by atoms with van der Waals surface area (Å²) in [5.41, 5.74) is 2.02. The summed E-state index contributed by atoms with van der Waals surface area (Å²) in [6.07, 6.45) is -0.168. The Balaban J connectivity index is 0.00000147. The number of ether oxygens (including phenoxy) is 1. The van der Waals surface area contributed by atoms with E-state index in [4.69, 9.17) is 4.74 Å². The third-order valence-electron chi connectivity index (χ3n) is 3.49. The van der Waals surface area contributed by atoms with Crippen LogP contribution in [0.1, 0.15) is 18.9 Å². The van der Waals surface area contributed by atoms with Gasteiger partial charge in [-0.25, -0.2) is 0 Å². The molecule has 1 unspecified atom stereocenters. The molecule has 0 radical (unpaired) electrons. The van der Waals surface area contributed by atoms with E-state index in [9.17, 15) is 9.90 Å². The summed E-state index contributed by atoms with van der Waals surface area (Å²) >= 11 is 0. The maximum Gasteiger partial charge on any atom is 1.00 e. The van der Waals surface area contributed by atoms with Gasteiger partial charge in [-0.15, -0.1) is 0 Å². The van der Waals surface area contributed by atoms with Crippen molar-refractivity contribution >= 4 is 5.97 Å². The van der Waals surface area contributed by atoms with Crippen molar-refractivity contribution in [3.8, 4) is 16.9 Å². The van der Waals surface area contributed by atoms with Crippen LogP contribution in [0.25, 0.3) is 11.1 Å². The van der Waals surface area contributed by atoms with E-state index >= 15 is 0 Å². The Morgan fingerprint density at radius 2 is 1.70 bits per heavy atom. The van der Waals surface area contributed by atoms with E-state index in [1.54, 1.807) is 6.92 Å². The average molecular weight is 276 g/mol. The van der Waals surface area contributed by atoms with Crippen LogP contribution < -0.4 is 39.4 Å². The summed E-state index contributed by atoms with van der Waals surface area (Å²) in [4.78, 5) is 11.0. The van der Waals surface area contributed by atoms with Crippen LogP contribution in [-0.4, -0.2) is 5.97 Å². The number of hydrogen-bond acceptors (Lipinski definition) is 3. The van der Waals surface area contributed by atoms with Crippen LogP contribution in [0.4, 0.5) is 0 Å². The molecule has 1 heterocycles. The molecule has 0 aromatic heterocycles. The molecule has 0 fully saturated rings.